The SMILES string of the molecule is C#CCNC(=O)c1ccccc1NC(=O)Cc1ccc(F)c(Br)c1. The van der Waals surface area contributed by atoms with Gasteiger partial charge >= 0.3 is 0 Å². The minimum atomic E-state index is -0.394. The van der Waals surface area contributed by atoms with E-state index in [1.54, 1.807) is 30.3 Å². The first-order valence-corrected chi connectivity index (χ1v) is 7.85. The summed E-state index contributed by atoms with van der Waals surface area (Å²) in [5.41, 5.74) is 1.36. The standard InChI is InChI=1S/C18H14BrFN2O2/c1-2-9-21-18(24)13-5-3-4-6-16(13)22-17(23)11-12-7-8-15(20)14(19)10-12/h1,3-8,10H,9,11H2,(H,21,24)(H,22,23). The Balaban J connectivity index is 2.10. The van der Waals surface area contributed by atoms with Gasteiger partial charge in [-0.3, -0.25) is 9.59 Å². The Bertz CT molecular complexity index is 815. The smallest absolute Gasteiger partial charge is 0.254 e. The molecule has 2 aromatic rings. The summed E-state index contributed by atoms with van der Waals surface area (Å²) >= 11 is 3.08. The number of nitrogens with one attached hydrogen (secondary N) is 2. The van der Waals surface area contributed by atoms with Crippen LogP contribution >= 0.6 is 15.9 Å². The fourth-order valence-electron chi connectivity index (χ4n) is 2.05. The highest BCUT2D eigenvalue weighted by molar-refractivity contribution is 9.10. The zero-order chi connectivity index (χ0) is 17.5. The first-order valence-electron chi connectivity index (χ1n) is 7.05. The molecule has 0 heterocycles. The van der Waals surface area contributed by atoms with E-state index in [1.165, 1.54) is 12.1 Å². The van der Waals surface area contributed by atoms with Crippen LogP contribution in [0.15, 0.2) is 46.9 Å². The zero-order valence-corrected chi connectivity index (χ0v) is 14.2. The van der Waals surface area contributed by atoms with E-state index >= 15 is 0 Å². The van der Waals surface area contributed by atoms with Crippen LogP contribution in [0.25, 0.3) is 0 Å². The Labute approximate surface area is 147 Å². The van der Waals surface area contributed by atoms with E-state index in [-0.39, 0.29) is 24.8 Å². The van der Waals surface area contributed by atoms with Crippen molar-refractivity contribution in [3.05, 3.63) is 63.9 Å². The van der Waals surface area contributed by atoms with Gasteiger partial charge in [0.1, 0.15) is 5.82 Å². The number of para-hydroxylation sites is 1. The molecule has 0 aromatic heterocycles. The maximum atomic E-state index is 13.2. The molecule has 4 nitrogen and oxygen atoms in total. The molecule has 0 radical (unpaired) electrons. The molecule has 0 saturated heterocycles. The number of halogens is 2. The van der Waals surface area contributed by atoms with E-state index in [1.807, 2.05) is 0 Å². The first kappa shape index (κ1) is 17.7. The van der Waals surface area contributed by atoms with E-state index < -0.39 is 5.82 Å². The Kier molecular flexibility index (Phi) is 6.10. The van der Waals surface area contributed by atoms with Gasteiger partial charge in [0.05, 0.1) is 28.7 Å². The maximum Gasteiger partial charge on any atom is 0.254 e. The average molecular weight is 389 g/mol. The molecule has 2 rings (SSSR count). The lowest BCUT2D eigenvalue weighted by Crippen LogP contribution is -2.25. The second-order valence-corrected chi connectivity index (χ2v) is 5.76. The lowest BCUT2D eigenvalue weighted by atomic mass is 10.1. The highest BCUT2D eigenvalue weighted by Gasteiger charge is 2.13. The van der Waals surface area contributed by atoms with E-state index in [9.17, 15) is 14.0 Å². The summed E-state index contributed by atoms with van der Waals surface area (Å²) in [7, 11) is 0. The van der Waals surface area contributed by atoms with Crippen molar-refractivity contribution >= 4 is 33.4 Å². The fraction of sp³-hybridized carbons (Fsp3) is 0.111. The Morgan fingerprint density at radius 3 is 2.67 bits per heavy atom. The zero-order valence-electron chi connectivity index (χ0n) is 12.6. The van der Waals surface area contributed by atoms with Gasteiger partial charge in [0.25, 0.3) is 5.91 Å². The molecule has 0 saturated carbocycles. The van der Waals surface area contributed by atoms with Gasteiger partial charge < -0.3 is 10.6 Å². The summed E-state index contributed by atoms with van der Waals surface area (Å²) < 4.78 is 13.5. The third kappa shape index (κ3) is 4.67. The van der Waals surface area contributed by atoms with Gasteiger partial charge in [-0.2, -0.15) is 0 Å². The van der Waals surface area contributed by atoms with E-state index in [0.717, 1.165) is 0 Å². The van der Waals surface area contributed by atoms with Crippen LogP contribution in [0, 0.1) is 18.2 Å². The van der Waals surface area contributed by atoms with Crippen LogP contribution in [0.4, 0.5) is 10.1 Å². The molecule has 0 aliphatic heterocycles. The predicted octanol–water partition coefficient (Wildman–Crippen LogP) is 3.13. The number of benzene rings is 2. The van der Waals surface area contributed by atoms with Crippen molar-refractivity contribution in [1.29, 1.82) is 0 Å². The van der Waals surface area contributed by atoms with Gasteiger partial charge in [-0.1, -0.05) is 24.1 Å². The molecule has 0 fully saturated rings. The number of terminal acetylenes is 1. The Morgan fingerprint density at radius 2 is 1.96 bits per heavy atom. The summed E-state index contributed by atoms with van der Waals surface area (Å²) in [6.07, 6.45) is 5.17. The normalized spacial score (nSPS) is 9.88. The maximum absolute atomic E-state index is 13.2. The second kappa shape index (κ2) is 8.27. The highest BCUT2D eigenvalue weighted by atomic mass is 79.9. The number of anilines is 1. The van der Waals surface area contributed by atoms with Crippen LogP contribution in [-0.2, 0) is 11.2 Å². The quantitative estimate of drug-likeness (QED) is 0.773. The van der Waals surface area contributed by atoms with Crippen LogP contribution in [0.2, 0.25) is 0 Å². The summed E-state index contributed by atoms with van der Waals surface area (Å²) in [6.45, 7) is 0.102. The number of carbonyl (C=O) groups excluding carboxylic acids is 2. The fourth-order valence-corrected chi connectivity index (χ4v) is 2.47. The van der Waals surface area contributed by atoms with Gasteiger partial charge in [-0.05, 0) is 45.8 Å². The lowest BCUT2D eigenvalue weighted by molar-refractivity contribution is -0.115. The largest absolute Gasteiger partial charge is 0.341 e. The van der Waals surface area contributed by atoms with Gasteiger partial charge in [0, 0.05) is 0 Å². The number of rotatable bonds is 5. The predicted molar refractivity (Wildman–Crippen MR) is 94.0 cm³/mol. The minimum Gasteiger partial charge on any atom is -0.341 e. The molecule has 6 heteroatoms. The van der Waals surface area contributed by atoms with Gasteiger partial charge in [0.15, 0.2) is 0 Å². The average Bonchev–Trinajstić information content (AvgIpc) is 2.56. The van der Waals surface area contributed by atoms with Crippen LogP contribution in [0.5, 0.6) is 0 Å². The summed E-state index contributed by atoms with van der Waals surface area (Å²) in [6, 6.07) is 11.0. The Morgan fingerprint density at radius 1 is 1.21 bits per heavy atom. The lowest BCUT2D eigenvalue weighted by Gasteiger charge is -2.11. The van der Waals surface area contributed by atoms with Crippen molar-refractivity contribution in [1.82, 2.24) is 5.32 Å². The van der Waals surface area contributed by atoms with Crippen LogP contribution in [-0.4, -0.2) is 18.4 Å². The number of carbonyl (C=O) groups is 2. The summed E-state index contributed by atoms with van der Waals surface area (Å²) in [4.78, 5) is 24.2. The Hall–Kier alpha value is -2.65. The van der Waals surface area contributed by atoms with Crippen molar-refractivity contribution in [2.75, 3.05) is 11.9 Å². The summed E-state index contributed by atoms with van der Waals surface area (Å²) in [5, 5.41) is 5.24. The van der Waals surface area contributed by atoms with Crippen LogP contribution in [0.1, 0.15) is 15.9 Å². The minimum absolute atomic E-state index is 0.0548. The monoisotopic (exact) mass is 388 g/mol. The van der Waals surface area contributed by atoms with Crippen molar-refractivity contribution in [3.8, 4) is 12.3 Å². The molecule has 0 unspecified atom stereocenters. The van der Waals surface area contributed by atoms with Crippen molar-refractivity contribution in [2.24, 2.45) is 0 Å². The van der Waals surface area contributed by atoms with Crippen molar-refractivity contribution in [2.45, 2.75) is 6.42 Å². The summed E-state index contributed by atoms with van der Waals surface area (Å²) in [5.74, 6) is 1.24. The number of amides is 2. The van der Waals surface area contributed by atoms with E-state index in [2.05, 4.69) is 32.5 Å². The molecule has 2 aromatic carbocycles. The molecule has 0 bridgehead atoms. The highest BCUT2D eigenvalue weighted by Crippen LogP contribution is 2.19. The topological polar surface area (TPSA) is 58.2 Å². The van der Waals surface area contributed by atoms with Crippen LogP contribution < -0.4 is 10.6 Å². The molecule has 2 N–H and O–H groups in total. The van der Waals surface area contributed by atoms with E-state index in [0.29, 0.717) is 21.3 Å². The molecule has 0 spiro atoms. The third-order valence-corrected chi connectivity index (χ3v) is 3.75. The first-order chi connectivity index (χ1) is 11.5. The van der Waals surface area contributed by atoms with Gasteiger partial charge in [-0.15, -0.1) is 6.42 Å². The molecule has 0 aliphatic rings. The molecule has 122 valence electrons. The van der Waals surface area contributed by atoms with E-state index in [4.69, 9.17) is 6.42 Å². The molecule has 24 heavy (non-hydrogen) atoms. The molecular formula is C18H14BrFN2O2. The molecule has 0 atom stereocenters. The second-order valence-electron chi connectivity index (χ2n) is 4.91. The van der Waals surface area contributed by atoms with Gasteiger partial charge in [-0.25, -0.2) is 4.39 Å². The van der Waals surface area contributed by atoms with Crippen molar-refractivity contribution in [3.63, 3.8) is 0 Å². The number of hydrogen-bond acceptors (Lipinski definition) is 2. The number of hydrogen-bond donors (Lipinski definition) is 2. The molecule has 0 aliphatic carbocycles. The van der Waals surface area contributed by atoms with Crippen LogP contribution in [0.3, 0.4) is 0 Å². The van der Waals surface area contributed by atoms with Gasteiger partial charge in [0.2, 0.25) is 5.91 Å². The molecular weight excluding hydrogens is 375 g/mol. The van der Waals surface area contributed by atoms with Crippen molar-refractivity contribution < 1.29 is 14.0 Å². The molecule has 2 amide bonds. The third-order valence-electron chi connectivity index (χ3n) is 3.15.